The van der Waals surface area contributed by atoms with Crippen LogP contribution in [0.15, 0.2) is 47.4 Å². The van der Waals surface area contributed by atoms with Gasteiger partial charge in [0.2, 0.25) is 10.0 Å². The fourth-order valence-electron chi connectivity index (χ4n) is 4.36. The highest BCUT2D eigenvalue weighted by Crippen LogP contribution is 2.26. The number of hydrogen-bond acceptors (Lipinski definition) is 5. The predicted molar refractivity (Wildman–Crippen MR) is 125 cm³/mol. The molecule has 1 N–H and O–H groups in total. The van der Waals surface area contributed by atoms with E-state index in [-0.39, 0.29) is 16.4 Å². The largest absolute Gasteiger partial charge is 0.496 e. The number of nitrogens with one attached hydrogen (secondary N) is 1. The van der Waals surface area contributed by atoms with E-state index in [2.05, 4.69) is 22.3 Å². The average molecular weight is 458 g/mol. The van der Waals surface area contributed by atoms with Crippen LogP contribution in [0.4, 0.5) is 5.69 Å². The highest BCUT2D eigenvalue weighted by molar-refractivity contribution is 7.89. The molecule has 7 nitrogen and oxygen atoms in total. The number of sulfonamides is 1. The molecular formula is C24H31N3O4S. The zero-order valence-corrected chi connectivity index (χ0v) is 19.4. The molecule has 2 fully saturated rings. The van der Waals surface area contributed by atoms with Crippen molar-refractivity contribution in [1.29, 1.82) is 0 Å². The van der Waals surface area contributed by atoms with Gasteiger partial charge in [0.25, 0.3) is 5.91 Å². The molecule has 32 heavy (non-hydrogen) atoms. The number of methoxy groups -OCH3 is 1. The molecule has 0 aliphatic carbocycles. The summed E-state index contributed by atoms with van der Waals surface area (Å²) in [5, 5.41) is 2.90. The molecule has 2 aromatic carbocycles. The zero-order valence-electron chi connectivity index (χ0n) is 18.5. The van der Waals surface area contributed by atoms with Crippen molar-refractivity contribution in [1.82, 2.24) is 9.62 Å². The molecule has 2 heterocycles. The van der Waals surface area contributed by atoms with Crippen molar-refractivity contribution in [3.05, 3.63) is 53.6 Å². The lowest BCUT2D eigenvalue weighted by molar-refractivity contribution is 0.0947. The van der Waals surface area contributed by atoms with E-state index < -0.39 is 10.0 Å². The summed E-state index contributed by atoms with van der Waals surface area (Å²) in [5.74, 6) is -0.00867. The molecular weight excluding hydrogens is 426 g/mol. The molecule has 1 amide bonds. The summed E-state index contributed by atoms with van der Waals surface area (Å²) in [6.45, 7) is 3.57. The Hall–Kier alpha value is -2.58. The highest BCUT2D eigenvalue weighted by Gasteiger charge is 2.27. The Kier molecular flexibility index (Phi) is 7.01. The lowest BCUT2D eigenvalue weighted by Crippen LogP contribution is -2.35. The second kappa shape index (κ2) is 9.92. The summed E-state index contributed by atoms with van der Waals surface area (Å²) in [6.07, 6.45) is 5.22. The number of benzene rings is 2. The second-order valence-electron chi connectivity index (χ2n) is 8.37. The lowest BCUT2D eigenvalue weighted by Gasteiger charge is -2.26. The molecule has 0 bridgehead atoms. The Morgan fingerprint density at radius 1 is 0.938 bits per heavy atom. The first-order chi connectivity index (χ1) is 15.5. The van der Waals surface area contributed by atoms with E-state index in [1.165, 1.54) is 42.1 Å². The average Bonchev–Trinajstić information content (AvgIpc) is 3.38. The Morgan fingerprint density at radius 3 is 2.25 bits per heavy atom. The normalized spacial score (nSPS) is 17.3. The molecule has 0 radical (unpaired) electrons. The minimum atomic E-state index is -3.63. The first-order valence-electron chi connectivity index (χ1n) is 11.3. The summed E-state index contributed by atoms with van der Waals surface area (Å²) in [5.41, 5.74) is 2.41. The smallest absolute Gasteiger partial charge is 0.255 e. The number of anilines is 1. The summed E-state index contributed by atoms with van der Waals surface area (Å²) in [7, 11) is -2.16. The van der Waals surface area contributed by atoms with E-state index in [9.17, 15) is 13.2 Å². The third-order valence-corrected chi connectivity index (χ3v) is 8.12. The molecule has 2 aliphatic heterocycles. The minimum absolute atomic E-state index is 0.125. The molecule has 2 aromatic rings. The van der Waals surface area contributed by atoms with Gasteiger partial charge in [-0.2, -0.15) is 4.31 Å². The minimum Gasteiger partial charge on any atom is -0.496 e. The standard InChI is InChI=1S/C24H31N3O4S/c1-31-23-12-11-21(32(29,30)27-15-3-2-4-16-27)17-22(23)24(28)25-18-19-7-9-20(10-8-19)26-13-5-6-14-26/h7-12,17H,2-6,13-16,18H2,1H3,(H,25,28). The fraction of sp³-hybridized carbons (Fsp3) is 0.458. The predicted octanol–water partition coefficient (Wildman–Crippen LogP) is 3.40. The molecule has 4 rings (SSSR count). The summed E-state index contributed by atoms with van der Waals surface area (Å²) < 4.78 is 32.9. The molecule has 172 valence electrons. The zero-order chi connectivity index (χ0) is 22.6. The number of rotatable bonds is 7. The first kappa shape index (κ1) is 22.6. The topological polar surface area (TPSA) is 79.0 Å². The van der Waals surface area contributed by atoms with E-state index in [0.29, 0.717) is 25.4 Å². The van der Waals surface area contributed by atoms with Gasteiger partial charge in [-0.25, -0.2) is 8.42 Å². The van der Waals surface area contributed by atoms with E-state index in [0.717, 1.165) is 37.9 Å². The Morgan fingerprint density at radius 2 is 1.59 bits per heavy atom. The van der Waals surface area contributed by atoms with E-state index in [4.69, 9.17) is 4.74 Å². The fourth-order valence-corrected chi connectivity index (χ4v) is 5.90. The van der Waals surface area contributed by atoms with Crippen molar-refractivity contribution in [2.24, 2.45) is 0 Å². The third kappa shape index (κ3) is 4.91. The second-order valence-corrected chi connectivity index (χ2v) is 10.3. The molecule has 0 saturated carbocycles. The molecule has 0 atom stereocenters. The van der Waals surface area contributed by atoms with Crippen molar-refractivity contribution in [2.45, 2.75) is 43.5 Å². The molecule has 0 unspecified atom stereocenters. The number of nitrogens with zero attached hydrogens (tertiary/aromatic N) is 2. The van der Waals surface area contributed by atoms with E-state index >= 15 is 0 Å². The molecule has 2 aliphatic rings. The third-order valence-electron chi connectivity index (χ3n) is 6.23. The van der Waals surface area contributed by atoms with Gasteiger partial charge < -0.3 is 15.0 Å². The van der Waals surface area contributed by atoms with Gasteiger partial charge >= 0.3 is 0 Å². The monoisotopic (exact) mass is 457 g/mol. The van der Waals surface area contributed by atoms with Crippen LogP contribution < -0.4 is 15.0 Å². The van der Waals surface area contributed by atoms with Crippen LogP contribution in [0.2, 0.25) is 0 Å². The number of carbonyl (C=O) groups excluding carboxylic acids is 1. The van der Waals surface area contributed by atoms with Crippen molar-refractivity contribution < 1.29 is 17.9 Å². The van der Waals surface area contributed by atoms with Crippen LogP contribution in [-0.2, 0) is 16.6 Å². The van der Waals surface area contributed by atoms with Gasteiger partial charge in [0.05, 0.1) is 17.6 Å². The summed E-state index contributed by atoms with van der Waals surface area (Å²) >= 11 is 0. The van der Waals surface area contributed by atoms with Gasteiger partial charge in [0.1, 0.15) is 5.75 Å². The highest BCUT2D eigenvalue weighted by atomic mass is 32.2. The van der Waals surface area contributed by atoms with Crippen LogP contribution in [0.1, 0.15) is 48.0 Å². The Bertz CT molecular complexity index is 1040. The van der Waals surface area contributed by atoms with Crippen LogP contribution >= 0.6 is 0 Å². The van der Waals surface area contributed by atoms with Crippen LogP contribution in [0, 0.1) is 0 Å². The maximum atomic E-state index is 13.0. The van der Waals surface area contributed by atoms with Gasteiger partial charge in [0, 0.05) is 38.4 Å². The van der Waals surface area contributed by atoms with E-state index in [1.54, 1.807) is 6.07 Å². The van der Waals surface area contributed by atoms with Crippen molar-refractivity contribution in [3.63, 3.8) is 0 Å². The van der Waals surface area contributed by atoms with Crippen LogP contribution in [-0.4, -0.2) is 51.9 Å². The molecule has 0 spiro atoms. The molecule has 2 saturated heterocycles. The number of carbonyl (C=O) groups is 1. The van der Waals surface area contributed by atoms with Crippen molar-refractivity contribution >= 4 is 21.6 Å². The summed E-state index contributed by atoms with van der Waals surface area (Å²) in [6, 6.07) is 12.7. The van der Waals surface area contributed by atoms with Gasteiger partial charge in [-0.3, -0.25) is 4.79 Å². The summed E-state index contributed by atoms with van der Waals surface area (Å²) in [4.78, 5) is 15.4. The lowest BCUT2D eigenvalue weighted by atomic mass is 10.1. The maximum Gasteiger partial charge on any atom is 0.255 e. The number of hydrogen-bond donors (Lipinski definition) is 1. The van der Waals surface area contributed by atoms with Gasteiger partial charge in [-0.1, -0.05) is 18.6 Å². The number of piperidine rings is 1. The van der Waals surface area contributed by atoms with Gasteiger partial charge in [0.15, 0.2) is 0 Å². The van der Waals surface area contributed by atoms with Crippen molar-refractivity contribution in [3.8, 4) is 5.75 Å². The Balaban J connectivity index is 1.47. The molecule has 8 heteroatoms. The van der Waals surface area contributed by atoms with Crippen LogP contribution in [0.3, 0.4) is 0 Å². The first-order valence-corrected chi connectivity index (χ1v) is 12.7. The van der Waals surface area contributed by atoms with Gasteiger partial charge in [-0.05, 0) is 61.6 Å². The number of ether oxygens (including phenoxy) is 1. The van der Waals surface area contributed by atoms with Crippen LogP contribution in [0.5, 0.6) is 5.75 Å². The van der Waals surface area contributed by atoms with Crippen LogP contribution in [0.25, 0.3) is 0 Å². The van der Waals surface area contributed by atoms with E-state index in [1.807, 2.05) is 12.1 Å². The van der Waals surface area contributed by atoms with Gasteiger partial charge in [-0.15, -0.1) is 0 Å². The quantitative estimate of drug-likeness (QED) is 0.689. The SMILES string of the molecule is COc1ccc(S(=O)(=O)N2CCCCC2)cc1C(=O)NCc1ccc(N2CCCC2)cc1. The molecule has 0 aromatic heterocycles. The Labute approximate surface area is 190 Å². The maximum absolute atomic E-state index is 13.0. The number of amides is 1. The van der Waals surface area contributed by atoms with Crippen molar-refractivity contribution in [2.75, 3.05) is 38.2 Å².